The fourth-order valence-electron chi connectivity index (χ4n) is 1.38. The molecule has 0 bridgehead atoms. The summed E-state index contributed by atoms with van der Waals surface area (Å²) in [5.74, 6) is 0.369. The van der Waals surface area contributed by atoms with Crippen LogP contribution in [0.5, 0.6) is 0 Å². The number of nitrogens with zero attached hydrogens (tertiary/aromatic N) is 2. The molecule has 1 aromatic heterocycles. The lowest BCUT2D eigenvalue weighted by molar-refractivity contribution is 0.0929. The number of carbonyl (C=O) groups is 1. The predicted octanol–water partition coefficient (Wildman–Crippen LogP) is 1.75. The molecular weight excluding hydrogens is 254 g/mol. The standard InChI is InChI=1S/C12H18ClN3O2/c1-7(2)11-14-6-9(13)10(16-11)12(18)15-8(3)4-5-17/h6-8,17H,4-5H2,1-3H3,(H,15,18). The predicted molar refractivity (Wildman–Crippen MR) is 69.8 cm³/mol. The Hall–Kier alpha value is -1.20. The van der Waals surface area contributed by atoms with Crippen molar-refractivity contribution < 1.29 is 9.90 Å². The summed E-state index contributed by atoms with van der Waals surface area (Å²) in [4.78, 5) is 20.2. The molecule has 18 heavy (non-hydrogen) atoms. The van der Waals surface area contributed by atoms with Crippen molar-refractivity contribution in [1.29, 1.82) is 0 Å². The number of rotatable bonds is 5. The Morgan fingerprint density at radius 1 is 1.50 bits per heavy atom. The average Bonchev–Trinajstić information content (AvgIpc) is 2.29. The Kier molecular flexibility index (Phi) is 5.50. The molecule has 0 aliphatic carbocycles. The number of amides is 1. The van der Waals surface area contributed by atoms with Gasteiger partial charge in [-0.05, 0) is 13.3 Å². The van der Waals surface area contributed by atoms with Crippen molar-refractivity contribution in [2.24, 2.45) is 0 Å². The Labute approximate surface area is 112 Å². The number of halogens is 1. The molecule has 1 unspecified atom stereocenters. The Morgan fingerprint density at radius 3 is 2.72 bits per heavy atom. The summed E-state index contributed by atoms with van der Waals surface area (Å²) in [6.45, 7) is 5.72. The van der Waals surface area contributed by atoms with Gasteiger partial charge < -0.3 is 10.4 Å². The van der Waals surface area contributed by atoms with E-state index >= 15 is 0 Å². The normalized spacial score (nSPS) is 12.6. The van der Waals surface area contributed by atoms with E-state index in [1.807, 2.05) is 20.8 Å². The minimum atomic E-state index is -0.342. The number of aliphatic hydroxyl groups is 1. The van der Waals surface area contributed by atoms with E-state index in [-0.39, 0.29) is 35.2 Å². The van der Waals surface area contributed by atoms with Gasteiger partial charge in [0.15, 0.2) is 0 Å². The Bertz CT molecular complexity index is 424. The molecule has 0 radical (unpaired) electrons. The van der Waals surface area contributed by atoms with Crippen molar-refractivity contribution in [2.75, 3.05) is 6.61 Å². The topological polar surface area (TPSA) is 75.1 Å². The SMILES string of the molecule is CC(CCO)NC(=O)c1nc(C(C)C)ncc1Cl. The van der Waals surface area contributed by atoms with Crippen molar-refractivity contribution in [3.05, 3.63) is 22.7 Å². The zero-order valence-electron chi connectivity index (χ0n) is 10.8. The molecular formula is C12H18ClN3O2. The summed E-state index contributed by atoms with van der Waals surface area (Å²) in [6.07, 6.45) is 1.93. The first-order valence-electron chi connectivity index (χ1n) is 5.89. The summed E-state index contributed by atoms with van der Waals surface area (Å²) in [5, 5.41) is 11.7. The highest BCUT2D eigenvalue weighted by molar-refractivity contribution is 6.33. The van der Waals surface area contributed by atoms with E-state index in [0.29, 0.717) is 12.2 Å². The van der Waals surface area contributed by atoms with Crippen LogP contribution in [-0.4, -0.2) is 33.6 Å². The van der Waals surface area contributed by atoms with Crippen molar-refractivity contribution >= 4 is 17.5 Å². The van der Waals surface area contributed by atoms with E-state index in [1.165, 1.54) is 6.20 Å². The van der Waals surface area contributed by atoms with Gasteiger partial charge in [0.1, 0.15) is 11.5 Å². The Balaban J connectivity index is 2.87. The van der Waals surface area contributed by atoms with Crippen LogP contribution in [0, 0.1) is 0 Å². The van der Waals surface area contributed by atoms with Crippen LogP contribution in [0.4, 0.5) is 0 Å². The van der Waals surface area contributed by atoms with Crippen LogP contribution in [-0.2, 0) is 0 Å². The summed E-state index contributed by atoms with van der Waals surface area (Å²) >= 11 is 5.92. The van der Waals surface area contributed by atoms with Gasteiger partial charge >= 0.3 is 0 Å². The van der Waals surface area contributed by atoms with Crippen LogP contribution in [0.2, 0.25) is 5.02 Å². The molecule has 5 nitrogen and oxygen atoms in total. The van der Waals surface area contributed by atoms with Gasteiger partial charge in [0.2, 0.25) is 0 Å². The molecule has 1 atom stereocenters. The number of hydrogen-bond acceptors (Lipinski definition) is 4. The highest BCUT2D eigenvalue weighted by Crippen LogP contribution is 2.16. The van der Waals surface area contributed by atoms with Crippen molar-refractivity contribution in [2.45, 2.75) is 39.2 Å². The maximum absolute atomic E-state index is 12.0. The van der Waals surface area contributed by atoms with Gasteiger partial charge in [-0.3, -0.25) is 4.79 Å². The maximum Gasteiger partial charge on any atom is 0.271 e. The lowest BCUT2D eigenvalue weighted by Gasteiger charge is -2.13. The average molecular weight is 272 g/mol. The third-order valence-electron chi connectivity index (χ3n) is 2.43. The van der Waals surface area contributed by atoms with Crippen LogP contribution in [0.1, 0.15) is 49.4 Å². The third-order valence-corrected chi connectivity index (χ3v) is 2.71. The molecule has 0 aliphatic rings. The molecule has 1 rings (SSSR count). The van der Waals surface area contributed by atoms with Crippen molar-refractivity contribution in [3.63, 3.8) is 0 Å². The molecule has 0 aliphatic heterocycles. The zero-order chi connectivity index (χ0) is 13.7. The first kappa shape index (κ1) is 14.9. The Morgan fingerprint density at radius 2 is 2.17 bits per heavy atom. The molecule has 1 amide bonds. The molecule has 0 saturated carbocycles. The van der Waals surface area contributed by atoms with Crippen LogP contribution in [0.25, 0.3) is 0 Å². The minimum absolute atomic E-state index is 0.0240. The van der Waals surface area contributed by atoms with Crippen LogP contribution in [0.3, 0.4) is 0 Å². The van der Waals surface area contributed by atoms with Crippen molar-refractivity contribution in [3.8, 4) is 0 Å². The number of hydrogen-bond donors (Lipinski definition) is 2. The zero-order valence-corrected chi connectivity index (χ0v) is 11.5. The fourth-order valence-corrected chi connectivity index (χ4v) is 1.55. The molecule has 0 aromatic carbocycles. The van der Waals surface area contributed by atoms with E-state index in [9.17, 15) is 4.79 Å². The van der Waals surface area contributed by atoms with Crippen LogP contribution >= 0.6 is 11.6 Å². The highest BCUT2D eigenvalue weighted by atomic mass is 35.5. The first-order valence-corrected chi connectivity index (χ1v) is 6.27. The summed E-state index contributed by atoms with van der Waals surface area (Å²) in [5.41, 5.74) is 0.181. The fraction of sp³-hybridized carbons (Fsp3) is 0.583. The van der Waals surface area contributed by atoms with E-state index in [0.717, 1.165) is 0 Å². The second kappa shape index (κ2) is 6.66. The first-order chi connectivity index (χ1) is 8.45. The quantitative estimate of drug-likeness (QED) is 0.856. The number of aromatic nitrogens is 2. The smallest absolute Gasteiger partial charge is 0.271 e. The van der Waals surface area contributed by atoms with Crippen molar-refractivity contribution in [1.82, 2.24) is 15.3 Å². The summed E-state index contributed by atoms with van der Waals surface area (Å²) in [6, 6.07) is -0.129. The molecule has 2 N–H and O–H groups in total. The molecule has 0 fully saturated rings. The second-order valence-electron chi connectivity index (χ2n) is 4.47. The molecule has 100 valence electrons. The number of carbonyl (C=O) groups excluding carboxylic acids is 1. The van der Waals surface area contributed by atoms with E-state index in [1.54, 1.807) is 0 Å². The van der Waals surface area contributed by atoms with Gasteiger partial charge in [-0.1, -0.05) is 25.4 Å². The van der Waals surface area contributed by atoms with Gasteiger partial charge in [-0.15, -0.1) is 0 Å². The highest BCUT2D eigenvalue weighted by Gasteiger charge is 2.16. The van der Waals surface area contributed by atoms with E-state index in [4.69, 9.17) is 16.7 Å². The van der Waals surface area contributed by atoms with E-state index in [2.05, 4.69) is 15.3 Å². The molecule has 1 aromatic rings. The van der Waals surface area contributed by atoms with Gasteiger partial charge in [-0.25, -0.2) is 9.97 Å². The maximum atomic E-state index is 12.0. The lowest BCUT2D eigenvalue weighted by atomic mass is 10.2. The van der Waals surface area contributed by atoms with Crippen LogP contribution < -0.4 is 5.32 Å². The second-order valence-corrected chi connectivity index (χ2v) is 4.87. The van der Waals surface area contributed by atoms with Gasteiger partial charge in [-0.2, -0.15) is 0 Å². The minimum Gasteiger partial charge on any atom is -0.396 e. The van der Waals surface area contributed by atoms with Gasteiger partial charge in [0, 0.05) is 18.6 Å². The summed E-state index contributed by atoms with van der Waals surface area (Å²) in [7, 11) is 0. The van der Waals surface area contributed by atoms with Gasteiger partial charge in [0.05, 0.1) is 11.2 Å². The number of nitrogens with one attached hydrogen (secondary N) is 1. The monoisotopic (exact) mass is 271 g/mol. The number of aliphatic hydroxyl groups excluding tert-OH is 1. The molecule has 1 heterocycles. The molecule has 0 saturated heterocycles. The summed E-state index contributed by atoms with van der Waals surface area (Å²) < 4.78 is 0. The van der Waals surface area contributed by atoms with E-state index < -0.39 is 0 Å². The largest absolute Gasteiger partial charge is 0.396 e. The van der Waals surface area contributed by atoms with Gasteiger partial charge in [0.25, 0.3) is 5.91 Å². The van der Waals surface area contributed by atoms with Crippen LogP contribution in [0.15, 0.2) is 6.20 Å². The molecule has 0 spiro atoms. The third kappa shape index (κ3) is 3.92. The lowest BCUT2D eigenvalue weighted by Crippen LogP contribution is -2.34. The molecule has 6 heteroatoms.